The largest absolute Gasteiger partial charge is 0.439 e. The lowest BCUT2D eigenvalue weighted by atomic mass is 10.1. The summed E-state index contributed by atoms with van der Waals surface area (Å²) in [7, 11) is 0. The zero-order valence-electron chi connectivity index (χ0n) is 13.5. The lowest BCUT2D eigenvalue weighted by Crippen LogP contribution is -2.35. The van der Waals surface area contributed by atoms with Gasteiger partial charge < -0.3 is 10.1 Å². The van der Waals surface area contributed by atoms with Crippen LogP contribution in [0.2, 0.25) is 0 Å². The van der Waals surface area contributed by atoms with Gasteiger partial charge in [-0.3, -0.25) is 0 Å². The average molecular weight is 284 g/mol. The predicted octanol–water partition coefficient (Wildman–Crippen LogP) is 4.38. The molecule has 0 radical (unpaired) electrons. The van der Waals surface area contributed by atoms with Crippen LogP contribution >= 0.6 is 0 Å². The van der Waals surface area contributed by atoms with Gasteiger partial charge in [0.25, 0.3) is 0 Å². The lowest BCUT2D eigenvalue weighted by Gasteiger charge is -2.22. The van der Waals surface area contributed by atoms with Crippen LogP contribution in [-0.4, -0.2) is 10.5 Å². The first-order chi connectivity index (χ1) is 9.85. The first-order valence-corrected chi connectivity index (χ1v) is 7.30. The van der Waals surface area contributed by atoms with Crippen LogP contribution in [0.5, 0.6) is 11.6 Å². The van der Waals surface area contributed by atoms with Crippen molar-refractivity contribution in [3.8, 4) is 11.6 Å². The number of hydrogen-bond acceptors (Lipinski definition) is 3. The van der Waals surface area contributed by atoms with Crippen LogP contribution in [0.4, 0.5) is 0 Å². The predicted molar refractivity (Wildman–Crippen MR) is 86.8 cm³/mol. The number of hydrogen-bond donors (Lipinski definition) is 1. The Balaban J connectivity index is 2.30. The molecule has 0 aliphatic rings. The van der Waals surface area contributed by atoms with E-state index < -0.39 is 0 Å². The highest BCUT2D eigenvalue weighted by Gasteiger charge is 2.15. The molecule has 1 N–H and O–H groups in total. The van der Waals surface area contributed by atoms with Crippen molar-refractivity contribution in [3.05, 3.63) is 53.2 Å². The van der Waals surface area contributed by atoms with E-state index in [1.54, 1.807) is 0 Å². The van der Waals surface area contributed by atoms with Crippen molar-refractivity contribution in [2.24, 2.45) is 0 Å². The Hall–Kier alpha value is -1.87. The van der Waals surface area contributed by atoms with Crippen LogP contribution in [0, 0.1) is 13.8 Å². The van der Waals surface area contributed by atoms with Gasteiger partial charge in [0.15, 0.2) is 0 Å². The molecule has 0 amide bonds. The Bertz CT molecular complexity index is 601. The normalized spacial score (nSPS) is 11.5. The fourth-order valence-electron chi connectivity index (χ4n) is 2.08. The molecule has 0 bridgehead atoms. The van der Waals surface area contributed by atoms with Crippen molar-refractivity contribution in [2.45, 2.75) is 46.7 Å². The molecule has 2 rings (SSSR count). The van der Waals surface area contributed by atoms with Gasteiger partial charge >= 0.3 is 0 Å². The van der Waals surface area contributed by atoms with Gasteiger partial charge in [-0.2, -0.15) is 0 Å². The third kappa shape index (κ3) is 4.57. The molecular weight excluding hydrogens is 260 g/mol. The van der Waals surface area contributed by atoms with Gasteiger partial charge in [-0.1, -0.05) is 18.2 Å². The van der Waals surface area contributed by atoms with Crippen molar-refractivity contribution < 1.29 is 4.74 Å². The lowest BCUT2D eigenvalue weighted by molar-refractivity contribution is 0.408. The van der Waals surface area contributed by atoms with Gasteiger partial charge in [0.05, 0.1) is 0 Å². The van der Waals surface area contributed by atoms with Crippen molar-refractivity contribution in [2.75, 3.05) is 0 Å². The number of pyridine rings is 1. The Labute approximate surface area is 127 Å². The van der Waals surface area contributed by atoms with E-state index in [0.717, 1.165) is 23.6 Å². The number of ether oxygens (including phenoxy) is 1. The van der Waals surface area contributed by atoms with E-state index >= 15 is 0 Å². The topological polar surface area (TPSA) is 34.1 Å². The van der Waals surface area contributed by atoms with Crippen molar-refractivity contribution in [1.29, 1.82) is 0 Å². The molecule has 2 aromatic rings. The van der Waals surface area contributed by atoms with Gasteiger partial charge in [-0.15, -0.1) is 0 Å². The molecule has 0 aliphatic heterocycles. The van der Waals surface area contributed by atoms with Gasteiger partial charge in [0, 0.05) is 23.3 Å². The second kappa shape index (κ2) is 6.27. The molecule has 0 saturated heterocycles. The fraction of sp³-hybridized carbons (Fsp3) is 0.389. The molecule has 21 heavy (non-hydrogen) atoms. The SMILES string of the molecule is Cc1cc(C)c(CNC(C)(C)C)c(Oc2ccccc2)n1. The van der Waals surface area contributed by atoms with E-state index in [0.29, 0.717) is 5.88 Å². The second-order valence-electron chi connectivity index (χ2n) is 6.38. The summed E-state index contributed by atoms with van der Waals surface area (Å²) in [6, 6.07) is 11.9. The zero-order valence-corrected chi connectivity index (χ0v) is 13.5. The summed E-state index contributed by atoms with van der Waals surface area (Å²) < 4.78 is 5.99. The second-order valence-corrected chi connectivity index (χ2v) is 6.38. The highest BCUT2D eigenvalue weighted by atomic mass is 16.5. The Morgan fingerprint density at radius 1 is 1.10 bits per heavy atom. The van der Waals surface area contributed by atoms with Crippen molar-refractivity contribution in [1.82, 2.24) is 10.3 Å². The van der Waals surface area contributed by atoms with E-state index in [1.807, 2.05) is 37.3 Å². The van der Waals surface area contributed by atoms with Crippen LogP contribution in [0.1, 0.15) is 37.6 Å². The Morgan fingerprint density at radius 2 is 1.76 bits per heavy atom. The van der Waals surface area contributed by atoms with Crippen LogP contribution in [0.15, 0.2) is 36.4 Å². The molecule has 1 heterocycles. The van der Waals surface area contributed by atoms with Crippen LogP contribution in [0.25, 0.3) is 0 Å². The molecule has 0 saturated carbocycles. The summed E-state index contributed by atoms with van der Waals surface area (Å²) in [6.07, 6.45) is 0. The number of benzene rings is 1. The molecule has 1 aromatic heterocycles. The van der Waals surface area contributed by atoms with Crippen LogP contribution in [0.3, 0.4) is 0 Å². The molecule has 3 nitrogen and oxygen atoms in total. The van der Waals surface area contributed by atoms with Crippen LogP contribution in [-0.2, 0) is 6.54 Å². The number of aryl methyl sites for hydroxylation is 2. The Morgan fingerprint density at radius 3 is 2.38 bits per heavy atom. The maximum Gasteiger partial charge on any atom is 0.224 e. The van der Waals surface area contributed by atoms with Gasteiger partial charge in [0.1, 0.15) is 5.75 Å². The highest BCUT2D eigenvalue weighted by Crippen LogP contribution is 2.26. The minimum absolute atomic E-state index is 0.0569. The summed E-state index contributed by atoms with van der Waals surface area (Å²) in [5.74, 6) is 1.50. The monoisotopic (exact) mass is 284 g/mol. The summed E-state index contributed by atoms with van der Waals surface area (Å²) in [5.41, 5.74) is 3.34. The molecule has 0 unspecified atom stereocenters. The third-order valence-electron chi connectivity index (χ3n) is 3.19. The molecular formula is C18H24N2O. The minimum Gasteiger partial charge on any atom is -0.439 e. The average Bonchev–Trinajstić information content (AvgIpc) is 2.37. The molecule has 0 spiro atoms. The van der Waals surface area contributed by atoms with E-state index in [9.17, 15) is 0 Å². The fourth-order valence-corrected chi connectivity index (χ4v) is 2.08. The van der Waals surface area contributed by atoms with E-state index in [1.165, 1.54) is 5.56 Å². The maximum absolute atomic E-state index is 5.99. The molecule has 112 valence electrons. The number of nitrogens with zero attached hydrogens (tertiary/aromatic N) is 1. The third-order valence-corrected chi connectivity index (χ3v) is 3.19. The zero-order chi connectivity index (χ0) is 15.5. The van der Waals surface area contributed by atoms with E-state index in [4.69, 9.17) is 4.74 Å². The van der Waals surface area contributed by atoms with E-state index in [2.05, 4.69) is 44.1 Å². The quantitative estimate of drug-likeness (QED) is 0.904. The molecule has 0 aliphatic carbocycles. The molecule has 0 atom stereocenters. The standard InChI is InChI=1S/C18H24N2O/c1-13-11-14(2)20-17(16(13)12-19-18(3,4)5)21-15-9-7-6-8-10-15/h6-11,19H,12H2,1-5H3. The summed E-state index contributed by atoms with van der Waals surface area (Å²) in [4.78, 5) is 4.57. The van der Waals surface area contributed by atoms with Crippen molar-refractivity contribution >= 4 is 0 Å². The highest BCUT2D eigenvalue weighted by molar-refractivity contribution is 5.39. The number of para-hydroxylation sites is 1. The minimum atomic E-state index is 0.0569. The van der Waals surface area contributed by atoms with Crippen molar-refractivity contribution in [3.63, 3.8) is 0 Å². The summed E-state index contributed by atoms with van der Waals surface area (Å²) in [6.45, 7) is 11.3. The van der Waals surface area contributed by atoms with Crippen LogP contribution < -0.4 is 10.1 Å². The first kappa shape index (κ1) is 15.5. The number of rotatable bonds is 4. The number of aromatic nitrogens is 1. The first-order valence-electron chi connectivity index (χ1n) is 7.30. The summed E-state index contributed by atoms with van der Waals surface area (Å²) >= 11 is 0. The van der Waals surface area contributed by atoms with Gasteiger partial charge in [-0.25, -0.2) is 4.98 Å². The maximum atomic E-state index is 5.99. The molecule has 3 heteroatoms. The Kier molecular flexibility index (Phi) is 4.63. The van der Waals surface area contributed by atoms with Gasteiger partial charge in [0.2, 0.25) is 5.88 Å². The molecule has 1 aromatic carbocycles. The summed E-state index contributed by atoms with van der Waals surface area (Å²) in [5, 5.41) is 3.50. The number of nitrogens with one attached hydrogen (secondary N) is 1. The van der Waals surface area contributed by atoms with E-state index in [-0.39, 0.29) is 5.54 Å². The smallest absolute Gasteiger partial charge is 0.224 e. The molecule has 0 fully saturated rings. The van der Waals surface area contributed by atoms with Gasteiger partial charge in [-0.05, 0) is 58.4 Å².